The van der Waals surface area contributed by atoms with Crippen molar-refractivity contribution < 1.29 is 14.2 Å². The number of nitrogens with zero attached hydrogens (tertiary/aromatic N) is 3. The SMILES string of the molecule is COc1cc2nc(NCc3cccnc3OC3CCCC3)nc(N)c2cc1OC. The molecule has 29 heavy (non-hydrogen) atoms. The highest BCUT2D eigenvalue weighted by Gasteiger charge is 2.19. The summed E-state index contributed by atoms with van der Waals surface area (Å²) in [6.45, 7) is 0.480. The summed E-state index contributed by atoms with van der Waals surface area (Å²) in [6.07, 6.45) is 6.59. The number of nitrogens with two attached hydrogens (primary N) is 1. The van der Waals surface area contributed by atoms with Gasteiger partial charge in [-0.15, -0.1) is 0 Å². The third-order valence-electron chi connectivity index (χ3n) is 5.10. The van der Waals surface area contributed by atoms with Crippen LogP contribution in [0, 0.1) is 0 Å². The summed E-state index contributed by atoms with van der Waals surface area (Å²) in [5.74, 6) is 2.63. The van der Waals surface area contributed by atoms with Crippen molar-refractivity contribution in [3.63, 3.8) is 0 Å². The molecule has 8 nitrogen and oxygen atoms in total. The fraction of sp³-hybridized carbons (Fsp3) is 0.381. The maximum atomic E-state index is 6.16. The number of benzene rings is 1. The Labute approximate surface area is 169 Å². The number of nitrogens with one attached hydrogen (secondary N) is 1. The molecule has 0 radical (unpaired) electrons. The molecule has 3 N–H and O–H groups in total. The number of hydrogen-bond donors (Lipinski definition) is 2. The van der Waals surface area contributed by atoms with Gasteiger partial charge in [-0.25, -0.2) is 9.97 Å². The van der Waals surface area contributed by atoms with Crippen LogP contribution >= 0.6 is 0 Å². The van der Waals surface area contributed by atoms with E-state index in [1.807, 2.05) is 12.1 Å². The quantitative estimate of drug-likeness (QED) is 0.626. The van der Waals surface area contributed by atoms with Gasteiger partial charge in [0.05, 0.1) is 19.7 Å². The van der Waals surface area contributed by atoms with Crippen LogP contribution in [0.5, 0.6) is 17.4 Å². The number of hydrogen-bond acceptors (Lipinski definition) is 8. The number of fused-ring (bicyclic) bond motifs is 1. The molecule has 1 aliphatic rings. The first-order chi connectivity index (χ1) is 14.2. The van der Waals surface area contributed by atoms with Gasteiger partial charge in [0.2, 0.25) is 11.8 Å². The summed E-state index contributed by atoms with van der Waals surface area (Å²) < 4.78 is 16.8. The van der Waals surface area contributed by atoms with Crippen LogP contribution in [0.25, 0.3) is 10.9 Å². The second-order valence-corrected chi connectivity index (χ2v) is 7.00. The van der Waals surface area contributed by atoms with Crippen molar-refractivity contribution in [1.82, 2.24) is 15.0 Å². The van der Waals surface area contributed by atoms with E-state index in [1.165, 1.54) is 12.8 Å². The van der Waals surface area contributed by atoms with Gasteiger partial charge in [-0.1, -0.05) is 6.07 Å². The smallest absolute Gasteiger partial charge is 0.225 e. The van der Waals surface area contributed by atoms with E-state index in [0.29, 0.717) is 46.6 Å². The number of pyridine rings is 1. The van der Waals surface area contributed by atoms with Crippen LogP contribution in [0.3, 0.4) is 0 Å². The Kier molecular flexibility index (Phi) is 5.50. The summed E-state index contributed by atoms with van der Waals surface area (Å²) in [5.41, 5.74) is 7.78. The van der Waals surface area contributed by atoms with Crippen LogP contribution in [0.1, 0.15) is 31.2 Å². The zero-order chi connectivity index (χ0) is 20.2. The maximum absolute atomic E-state index is 6.16. The Morgan fingerprint density at radius 3 is 2.62 bits per heavy atom. The van der Waals surface area contributed by atoms with E-state index in [2.05, 4.69) is 20.3 Å². The summed E-state index contributed by atoms with van der Waals surface area (Å²) in [5, 5.41) is 3.94. The van der Waals surface area contributed by atoms with E-state index in [9.17, 15) is 0 Å². The number of nitrogen functional groups attached to an aromatic ring is 1. The van der Waals surface area contributed by atoms with E-state index in [1.54, 1.807) is 32.5 Å². The van der Waals surface area contributed by atoms with Crippen LogP contribution in [0.2, 0.25) is 0 Å². The molecule has 4 rings (SSSR count). The number of anilines is 2. The van der Waals surface area contributed by atoms with E-state index in [-0.39, 0.29) is 6.10 Å². The van der Waals surface area contributed by atoms with Gasteiger partial charge in [0.15, 0.2) is 11.5 Å². The number of ether oxygens (including phenoxy) is 3. The lowest BCUT2D eigenvalue weighted by atomic mass is 10.2. The molecule has 2 heterocycles. The average molecular weight is 395 g/mol. The lowest BCUT2D eigenvalue weighted by Crippen LogP contribution is -2.14. The van der Waals surface area contributed by atoms with Crippen LogP contribution in [0.4, 0.5) is 11.8 Å². The Bertz CT molecular complexity index is 1010. The van der Waals surface area contributed by atoms with E-state index in [4.69, 9.17) is 19.9 Å². The van der Waals surface area contributed by atoms with Crippen molar-refractivity contribution in [2.45, 2.75) is 38.3 Å². The van der Waals surface area contributed by atoms with Crippen molar-refractivity contribution in [2.24, 2.45) is 0 Å². The molecule has 152 valence electrons. The van der Waals surface area contributed by atoms with Crippen molar-refractivity contribution in [1.29, 1.82) is 0 Å². The zero-order valence-corrected chi connectivity index (χ0v) is 16.6. The van der Waals surface area contributed by atoms with E-state index < -0.39 is 0 Å². The summed E-state index contributed by atoms with van der Waals surface area (Å²) in [4.78, 5) is 13.4. The largest absolute Gasteiger partial charge is 0.493 e. The van der Waals surface area contributed by atoms with E-state index in [0.717, 1.165) is 18.4 Å². The number of rotatable bonds is 7. The molecule has 1 aromatic carbocycles. The van der Waals surface area contributed by atoms with Crippen molar-refractivity contribution in [3.8, 4) is 17.4 Å². The number of aromatic nitrogens is 3. The zero-order valence-electron chi connectivity index (χ0n) is 16.6. The molecule has 1 aliphatic carbocycles. The highest BCUT2D eigenvalue weighted by Crippen LogP contribution is 2.33. The third-order valence-corrected chi connectivity index (χ3v) is 5.10. The minimum Gasteiger partial charge on any atom is -0.493 e. The van der Waals surface area contributed by atoms with Crippen LogP contribution in [-0.4, -0.2) is 35.3 Å². The van der Waals surface area contributed by atoms with Gasteiger partial charge in [-0.2, -0.15) is 4.98 Å². The molecule has 0 atom stereocenters. The highest BCUT2D eigenvalue weighted by molar-refractivity contribution is 5.91. The molecule has 0 saturated heterocycles. The summed E-state index contributed by atoms with van der Waals surface area (Å²) >= 11 is 0. The molecule has 0 unspecified atom stereocenters. The van der Waals surface area contributed by atoms with Gasteiger partial charge < -0.3 is 25.3 Å². The molecule has 1 saturated carbocycles. The molecular weight excluding hydrogens is 370 g/mol. The minimum absolute atomic E-state index is 0.249. The summed E-state index contributed by atoms with van der Waals surface area (Å²) in [7, 11) is 3.16. The molecule has 0 aliphatic heterocycles. The summed E-state index contributed by atoms with van der Waals surface area (Å²) in [6, 6.07) is 7.45. The number of methoxy groups -OCH3 is 2. The highest BCUT2D eigenvalue weighted by atomic mass is 16.5. The first-order valence-corrected chi connectivity index (χ1v) is 9.71. The second-order valence-electron chi connectivity index (χ2n) is 7.00. The van der Waals surface area contributed by atoms with Gasteiger partial charge >= 0.3 is 0 Å². The Morgan fingerprint density at radius 2 is 1.86 bits per heavy atom. The minimum atomic E-state index is 0.249. The molecule has 0 spiro atoms. The molecule has 3 aromatic rings. The van der Waals surface area contributed by atoms with Gasteiger partial charge in [0.25, 0.3) is 0 Å². The van der Waals surface area contributed by atoms with Crippen molar-refractivity contribution >= 4 is 22.7 Å². The lowest BCUT2D eigenvalue weighted by Gasteiger charge is -2.16. The second kappa shape index (κ2) is 8.38. The fourth-order valence-corrected chi connectivity index (χ4v) is 3.56. The first-order valence-electron chi connectivity index (χ1n) is 9.71. The monoisotopic (exact) mass is 395 g/mol. The van der Waals surface area contributed by atoms with Gasteiger partial charge in [0, 0.05) is 29.8 Å². The van der Waals surface area contributed by atoms with Crippen molar-refractivity contribution in [3.05, 3.63) is 36.0 Å². The molecule has 0 amide bonds. The molecular formula is C21H25N5O3. The van der Waals surface area contributed by atoms with Crippen LogP contribution < -0.4 is 25.3 Å². The van der Waals surface area contributed by atoms with Gasteiger partial charge in [-0.05, 0) is 37.8 Å². The Hall–Kier alpha value is -3.29. The predicted molar refractivity (Wildman–Crippen MR) is 112 cm³/mol. The van der Waals surface area contributed by atoms with Crippen LogP contribution in [0.15, 0.2) is 30.5 Å². The Balaban J connectivity index is 1.55. The maximum Gasteiger partial charge on any atom is 0.225 e. The lowest BCUT2D eigenvalue weighted by molar-refractivity contribution is 0.199. The van der Waals surface area contributed by atoms with Crippen LogP contribution in [-0.2, 0) is 6.54 Å². The molecule has 1 fully saturated rings. The van der Waals surface area contributed by atoms with Gasteiger partial charge in [0.1, 0.15) is 11.9 Å². The van der Waals surface area contributed by atoms with Crippen molar-refractivity contribution in [2.75, 3.05) is 25.3 Å². The van der Waals surface area contributed by atoms with Gasteiger partial charge in [-0.3, -0.25) is 0 Å². The topological polar surface area (TPSA) is 104 Å². The normalized spacial score (nSPS) is 14.1. The molecule has 8 heteroatoms. The fourth-order valence-electron chi connectivity index (χ4n) is 3.56. The van der Waals surface area contributed by atoms with E-state index >= 15 is 0 Å². The average Bonchev–Trinajstić information content (AvgIpc) is 3.25. The first kappa shape index (κ1) is 19.0. The Morgan fingerprint density at radius 1 is 1.10 bits per heavy atom. The molecule has 2 aromatic heterocycles. The molecule has 0 bridgehead atoms. The predicted octanol–water partition coefficient (Wildman–Crippen LogP) is 3.56. The third kappa shape index (κ3) is 4.11. The standard InChI is InChI=1S/C21H25N5O3/c1-27-17-10-15-16(11-18(17)28-2)25-21(26-19(15)22)24-12-13-6-5-9-23-20(13)29-14-7-3-4-8-14/h5-6,9-11,14H,3-4,7-8,12H2,1-2H3,(H3,22,24,25,26).